The first-order valence-corrected chi connectivity index (χ1v) is 2.54. The molecule has 0 unspecified atom stereocenters. The quantitative estimate of drug-likeness (QED) is 0.465. The number of rotatable bonds is 0. The monoisotopic (exact) mass is 98.0 g/mol. The minimum Gasteiger partial charge on any atom is -0.457 e. The summed E-state index contributed by atoms with van der Waals surface area (Å²) in [5.41, 5.74) is 0. The summed E-state index contributed by atoms with van der Waals surface area (Å²) in [6.07, 6.45) is 1.71. The molecule has 1 aliphatic heterocycles. The fourth-order valence-electron chi connectivity index (χ4n) is 0.416. The van der Waals surface area contributed by atoms with Crippen molar-refractivity contribution in [2.45, 2.75) is 9.99 Å². The summed E-state index contributed by atoms with van der Waals surface area (Å²) in [5, 5.41) is 1.09. The van der Waals surface area contributed by atoms with Crippen LogP contribution in [-0.2, 0) is 0 Å². The molecule has 0 fully saturated rings. The lowest BCUT2D eigenvalue weighted by Gasteiger charge is -1.60. The van der Waals surface area contributed by atoms with Crippen LogP contribution < -0.4 is 0 Å². The highest BCUT2D eigenvalue weighted by atomic mass is 32.2. The maximum Gasteiger partial charge on any atom is 0.178 e. The third kappa shape index (κ3) is 0.186. The molecular weight excluding hydrogens is 96.1 g/mol. The Labute approximate surface area is 39.3 Å². The Kier molecular flexibility index (Phi) is 0.301. The Bertz CT molecular complexity index is 151. The molecule has 0 spiro atoms. The van der Waals surface area contributed by atoms with Crippen molar-refractivity contribution in [3.8, 4) is 0 Å². The summed E-state index contributed by atoms with van der Waals surface area (Å²) in [7, 11) is 0. The Morgan fingerprint density at radius 1 is 1.67 bits per heavy atom. The number of furan rings is 1. The summed E-state index contributed by atoms with van der Waals surface area (Å²) in [6.45, 7) is 0. The third-order valence-corrected chi connectivity index (χ3v) is 1.60. The van der Waals surface area contributed by atoms with Crippen LogP contribution in [0.4, 0.5) is 0 Å². The van der Waals surface area contributed by atoms with Gasteiger partial charge in [0.1, 0.15) is 0 Å². The number of fused-ring (bicyclic) bond motifs is 1. The van der Waals surface area contributed by atoms with E-state index in [2.05, 4.69) is 0 Å². The van der Waals surface area contributed by atoms with Crippen LogP contribution in [0.1, 0.15) is 0 Å². The Balaban J connectivity index is 2.88. The smallest absolute Gasteiger partial charge is 0.178 e. The highest BCUT2D eigenvalue weighted by Crippen LogP contribution is 2.48. The number of hydrogen-bond donors (Lipinski definition) is 0. The summed E-state index contributed by atoms with van der Waals surface area (Å²) in [4.78, 5) is 1.30. The van der Waals surface area contributed by atoms with E-state index in [1.807, 2.05) is 6.07 Å². The molecule has 0 saturated carbocycles. The molecule has 0 saturated heterocycles. The first-order chi connectivity index (χ1) is 2.97. The van der Waals surface area contributed by atoms with Crippen molar-refractivity contribution < 1.29 is 4.42 Å². The molecule has 1 nitrogen and oxygen atoms in total. The van der Waals surface area contributed by atoms with Gasteiger partial charge in [-0.2, -0.15) is 0 Å². The van der Waals surface area contributed by atoms with Crippen LogP contribution >= 0.6 is 11.8 Å². The second-order valence-corrected chi connectivity index (χ2v) is 2.19. The predicted octanol–water partition coefficient (Wildman–Crippen LogP) is 1.74. The molecule has 0 amide bonds. The van der Waals surface area contributed by atoms with Crippen molar-refractivity contribution in [2.24, 2.45) is 0 Å². The van der Waals surface area contributed by atoms with E-state index in [1.54, 1.807) is 18.0 Å². The van der Waals surface area contributed by atoms with Crippen molar-refractivity contribution >= 4 is 11.8 Å². The average molecular weight is 98.1 g/mol. The van der Waals surface area contributed by atoms with E-state index < -0.39 is 0 Å². The van der Waals surface area contributed by atoms with E-state index >= 15 is 0 Å². The Morgan fingerprint density at radius 2 is 2.67 bits per heavy atom. The molecule has 0 atom stereocenters. The normalized spacial score (nSPS) is 14.0. The molecule has 0 aliphatic carbocycles. The molecule has 2 rings (SSSR count). The number of hydrogen-bond acceptors (Lipinski definition) is 2. The van der Waals surface area contributed by atoms with Gasteiger partial charge in [-0.05, 0) is 17.8 Å². The average Bonchev–Trinajstić information content (AvgIpc) is 2.17. The molecule has 0 N–H and O–H groups in total. The van der Waals surface area contributed by atoms with Gasteiger partial charge in [0.25, 0.3) is 0 Å². The largest absolute Gasteiger partial charge is 0.457 e. The summed E-state index contributed by atoms with van der Waals surface area (Å²) < 4.78 is 4.89. The van der Waals surface area contributed by atoms with Gasteiger partial charge in [-0.15, -0.1) is 0 Å². The second-order valence-electron chi connectivity index (χ2n) is 1.17. The Hall–Kier alpha value is -0.370. The molecule has 1 aromatic rings. The topological polar surface area (TPSA) is 13.1 Å². The van der Waals surface area contributed by atoms with Gasteiger partial charge in [0, 0.05) is 0 Å². The molecule has 0 bridgehead atoms. The molecule has 2 heterocycles. The van der Waals surface area contributed by atoms with E-state index in [1.165, 1.54) is 4.90 Å². The van der Waals surface area contributed by atoms with Crippen molar-refractivity contribution in [3.63, 3.8) is 0 Å². The lowest BCUT2D eigenvalue weighted by molar-refractivity contribution is 0.479. The third-order valence-electron chi connectivity index (χ3n) is 0.757. The maximum atomic E-state index is 4.89. The summed E-state index contributed by atoms with van der Waals surface area (Å²) in [5.74, 6) is 0. The van der Waals surface area contributed by atoms with E-state index in [0.717, 1.165) is 5.09 Å². The van der Waals surface area contributed by atoms with Gasteiger partial charge in [0.2, 0.25) is 0 Å². The second kappa shape index (κ2) is 0.658. The standard InChI is InChI=1S/C4H2OS/c1-2-5-4-3(1)6-4/h1-2H. The van der Waals surface area contributed by atoms with E-state index in [4.69, 9.17) is 4.42 Å². The maximum absolute atomic E-state index is 4.89. The summed E-state index contributed by atoms with van der Waals surface area (Å²) >= 11 is 1.70. The van der Waals surface area contributed by atoms with Gasteiger partial charge in [0.05, 0.1) is 11.2 Å². The molecule has 1 aromatic heterocycles. The van der Waals surface area contributed by atoms with Crippen molar-refractivity contribution in [2.75, 3.05) is 0 Å². The van der Waals surface area contributed by atoms with Gasteiger partial charge >= 0.3 is 0 Å². The minimum atomic E-state index is 1.09. The highest BCUT2D eigenvalue weighted by molar-refractivity contribution is 8.04. The van der Waals surface area contributed by atoms with Crippen LogP contribution in [0.25, 0.3) is 0 Å². The van der Waals surface area contributed by atoms with E-state index in [0.29, 0.717) is 0 Å². The van der Waals surface area contributed by atoms with Crippen molar-refractivity contribution in [3.05, 3.63) is 12.3 Å². The Morgan fingerprint density at radius 3 is 2.83 bits per heavy atom. The lowest BCUT2D eigenvalue weighted by atomic mass is 10.7. The molecule has 2 heteroatoms. The van der Waals surface area contributed by atoms with E-state index in [-0.39, 0.29) is 0 Å². The van der Waals surface area contributed by atoms with Crippen molar-refractivity contribution in [1.29, 1.82) is 0 Å². The van der Waals surface area contributed by atoms with Crippen LogP contribution in [-0.4, -0.2) is 0 Å². The first kappa shape index (κ1) is 2.75. The SMILES string of the molecule is c1cc2c(o1)S2. The lowest BCUT2D eigenvalue weighted by Crippen LogP contribution is -1.29. The van der Waals surface area contributed by atoms with Gasteiger partial charge in [-0.1, -0.05) is 0 Å². The zero-order valence-electron chi connectivity index (χ0n) is 2.97. The molecule has 0 radical (unpaired) electrons. The van der Waals surface area contributed by atoms with Crippen LogP contribution in [0, 0.1) is 0 Å². The molecule has 6 heavy (non-hydrogen) atoms. The highest BCUT2D eigenvalue weighted by Gasteiger charge is 2.20. The van der Waals surface area contributed by atoms with Crippen LogP contribution in [0.2, 0.25) is 0 Å². The zero-order chi connectivity index (χ0) is 3.98. The molecular formula is C4H2OS. The summed E-state index contributed by atoms with van der Waals surface area (Å²) in [6, 6.07) is 1.97. The van der Waals surface area contributed by atoms with Gasteiger partial charge in [0.15, 0.2) is 5.09 Å². The zero-order valence-corrected chi connectivity index (χ0v) is 3.79. The molecule has 1 aliphatic rings. The minimum absolute atomic E-state index is 1.09. The molecule has 30 valence electrons. The van der Waals surface area contributed by atoms with Crippen LogP contribution in [0.3, 0.4) is 0 Å². The van der Waals surface area contributed by atoms with Crippen molar-refractivity contribution in [1.82, 2.24) is 0 Å². The fourth-order valence-corrected chi connectivity index (χ4v) is 0.908. The first-order valence-electron chi connectivity index (χ1n) is 1.72. The predicted molar refractivity (Wildman–Crippen MR) is 22.8 cm³/mol. The fraction of sp³-hybridized carbons (Fsp3) is 0. The van der Waals surface area contributed by atoms with Gasteiger partial charge in [-0.3, -0.25) is 0 Å². The van der Waals surface area contributed by atoms with Gasteiger partial charge in [-0.25, -0.2) is 0 Å². The van der Waals surface area contributed by atoms with Gasteiger partial charge < -0.3 is 4.42 Å². The van der Waals surface area contributed by atoms with Crippen LogP contribution in [0.15, 0.2) is 26.7 Å². The molecule has 0 aromatic carbocycles. The van der Waals surface area contributed by atoms with E-state index in [9.17, 15) is 0 Å². The van der Waals surface area contributed by atoms with Crippen LogP contribution in [0.5, 0.6) is 0 Å².